The molecule has 0 saturated carbocycles. The predicted octanol–water partition coefficient (Wildman–Crippen LogP) is 5.16. The maximum absolute atomic E-state index is 10.3. The summed E-state index contributed by atoms with van der Waals surface area (Å²) in [4.78, 5) is 0. The SMILES string of the molecule is C=CC(C)(CCC=C(C)C)C(Cc1ccccc1)C(C)O. The molecule has 0 amide bonds. The highest BCUT2D eigenvalue weighted by Gasteiger charge is 2.34. The molecule has 1 aromatic carbocycles. The van der Waals surface area contributed by atoms with Gasteiger partial charge in [-0.25, -0.2) is 0 Å². The summed E-state index contributed by atoms with van der Waals surface area (Å²) < 4.78 is 0. The van der Waals surface area contributed by atoms with E-state index < -0.39 is 0 Å². The summed E-state index contributed by atoms with van der Waals surface area (Å²) in [6.45, 7) is 12.4. The molecule has 1 heteroatoms. The summed E-state index contributed by atoms with van der Waals surface area (Å²) in [6.07, 6.45) is 6.89. The first-order valence-corrected chi connectivity index (χ1v) is 7.88. The number of hydrogen-bond donors (Lipinski definition) is 1. The van der Waals surface area contributed by atoms with Gasteiger partial charge in [0.1, 0.15) is 0 Å². The summed E-state index contributed by atoms with van der Waals surface area (Å²) in [5.41, 5.74) is 2.56. The summed E-state index contributed by atoms with van der Waals surface area (Å²) >= 11 is 0. The zero-order chi connectivity index (χ0) is 15.9. The zero-order valence-electron chi connectivity index (χ0n) is 14.0. The average Bonchev–Trinajstić information content (AvgIpc) is 2.45. The van der Waals surface area contributed by atoms with Crippen molar-refractivity contribution in [3.63, 3.8) is 0 Å². The Hall–Kier alpha value is -1.34. The van der Waals surface area contributed by atoms with E-state index in [1.165, 1.54) is 11.1 Å². The minimum Gasteiger partial charge on any atom is -0.393 e. The number of aliphatic hydroxyl groups excluding tert-OH is 1. The van der Waals surface area contributed by atoms with Crippen LogP contribution < -0.4 is 0 Å². The Morgan fingerprint density at radius 3 is 2.38 bits per heavy atom. The lowest BCUT2D eigenvalue weighted by molar-refractivity contribution is 0.0577. The van der Waals surface area contributed by atoms with Gasteiger partial charge in [-0.1, -0.05) is 55.0 Å². The smallest absolute Gasteiger partial charge is 0.0551 e. The Balaban J connectivity index is 2.89. The fourth-order valence-corrected chi connectivity index (χ4v) is 2.93. The average molecular weight is 286 g/mol. The highest BCUT2D eigenvalue weighted by molar-refractivity contribution is 5.17. The van der Waals surface area contributed by atoms with Crippen LogP contribution in [0.3, 0.4) is 0 Å². The number of rotatable bonds is 8. The highest BCUT2D eigenvalue weighted by Crippen LogP contribution is 2.38. The summed E-state index contributed by atoms with van der Waals surface area (Å²) in [5, 5.41) is 10.3. The van der Waals surface area contributed by atoms with Gasteiger partial charge in [0.05, 0.1) is 6.10 Å². The van der Waals surface area contributed by atoms with E-state index in [2.05, 4.69) is 57.7 Å². The molecule has 1 aromatic rings. The van der Waals surface area contributed by atoms with Crippen molar-refractivity contribution < 1.29 is 5.11 Å². The maximum Gasteiger partial charge on any atom is 0.0551 e. The molecule has 0 aliphatic heterocycles. The van der Waals surface area contributed by atoms with Crippen LogP contribution in [0, 0.1) is 11.3 Å². The molecular formula is C20H30O. The predicted molar refractivity (Wildman–Crippen MR) is 92.3 cm³/mol. The summed E-state index contributed by atoms with van der Waals surface area (Å²) in [7, 11) is 0. The summed E-state index contributed by atoms with van der Waals surface area (Å²) in [6, 6.07) is 10.4. The topological polar surface area (TPSA) is 20.2 Å². The van der Waals surface area contributed by atoms with Crippen molar-refractivity contribution in [1.82, 2.24) is 0 Å². The standard InChI is InChI=1S/C20H30O/c1-6-20(5,14-10-11-16(2)3)19(17(4)21)15-18-12-8-7-9-13-18/h6-9,11-13,17,19,21H,1,10,14-15H2,2-5H3. The fourth-order valence-electron chi connectivity index (χ4n) is 2.93. The van der Waals surface area contributed by atoms with E-state index in [0.29, 0.717) is 0 Å². The molecule has 0 aromatic heterocycles. The molecular weight excluding hydrogens is 256 g/mol. The van der Waals surface area contributed by atoms with Crippen LogP contribution in [0.4, 0.5) is 0 Å². The molecule has 0 saturated heterocycles. The van der Waals surface area contributed by atoms with E-state index in [4.69, 9.17) is 0 Å². The first-order chi connectivity index (χ1) is 9.89. The van der Waals surface area contributed by atoms with Gasteiger partial charge in [-0.15, -0.1) is 6.58 Å². The van der Waals surface area contributed by atoms with E-state index in [-0.39, 0.29) is 17.4 Å². The second-order valence-electron chi connectivity index (χ2n) is 6.57. The van der Waals surface area contributed by atoms with Gasteiger partial charge in [0, 0.05) is 0 Å². The van der Waals surface area contributed by atoms with Crippen LogP contribution in [0.5, 0.6) is 0 Å². The second kappa shape index (κ2) is 8.19. The number of hydrogen-bond acceptors (Lipinski definition) is 1. The van der Waals surface area contributed by atoms with Gasteiger partial charge in [-0.05, 0) is 56.9 Å². The van der Waals surface area contributed by atoms with Crippen molar-refractivity contribution in [2.24, 2.45) is 11.3 Å². The van der Waals surface area contributed by atoms with E-state index >= 15 is 0 Å². The van der Waals surface area contributed by atoms with Crippen LogP contribution in [0.15, 0.2) is 54.6 Å². The van der Waals surface area contributed by atoms with Crippen molar-refractivity contribution in [2.45, 2.75) is 53.1 Å². The minimum atomic E-state index is -0.347. The van der Waals surface area contributed by atoms with Crippen molar-refractivity contribution >= 4 is 0 Å². The molecule has 1 nitrogen and oxygen atoms in total. The van der Waals surface area contributed by atoms with E-state index in [1.807, 2.05) is 19.1 Å². The molecule has 21 heavy (non-hydrogen) atoms. The van der Waals surface area contributed by atoms with Crippen LogP contribution >= 0.6 is 0 Å². The maximum atomic E-state index is 10.3. The van der Waals surface area contributed by atoms with Crippen LogP contribution in [0.2, 0.25) is 0 Å². The van der Waals surface area contributed by atoms with E-state index in [1.54, 1.807) is 0 Å². The van der Waals surface area contributed by atoms with Crippen molar-refractivity contribution in [2.75, 3.05) is 0 Å². The molecule has 0 radical (unpaired) electrons. The first-order valence-electron chi connectivity index (χ1n) is 7.88. The molecule has 0 aliphatic rings. The Kier molecular flexibility index (Phi) is 6.91. The van der Waals surface area contributed by atoms with Gasteiger partial charge in [0.15, 0.2) is 0 Å². The molecule has 0 heterocycles. The lowest BCUT2D eigenvalue weighted by atomic mass is 9.69. The Morgan fingerprint density at radius 2 is 1.90 bits per heavy atom. The molecule has 0 aliphatic carbocycles. The molecule has 0 bridgehead atoms. The lowest BCUT2D eigenvalue weighted by Gasteiger charge is -2.37. The monoisotopic (exact) mass is 286 g/mol. The van der Waals surface area contributed by atoms with Crippen LogP contribution in [0.1, 0.15) is 46.1 Å². The molecule has 0 fully saturated rings. The summed E-state index contributed by atoms with van der Waals surface area (Å²) in [5.74, 6) is 0.183. The Labute approximate surface area is 130 Å². The molecule has 1 rings (SSSR count). The quantitative estimate of drug-likeness (QED) is 0.654. The van der Waals surface area contributed by atoms with Crippen LogP contribution in [-0.4, -0.2) is 11.2 Å². The van der Waals surface area contributed by atoms with E-state index in [9.17, 15) is 5.11 Å². The van der Waals surface area contributed by atoms with Crippen molar-refractivity contribution in [3.8, 4) is 0 Å². The van der Waals surface area contributed by atoms with Gasteiger partial charge in [0.2, 0.25) is 0 Å². The largest absolute Gasteiger partial charge is 0.393 e. The molecule has 3 unspecified atom stereocenters. The molecule has 0 spiro atoms. The van der Waals surface area contributed by atoms with Crippen molar-refractivity contribution in [1.29, 1.82) is 0 Å². The first kappa shape index (κ1) is 17.7. The minimum absolute atomic E-state index is 0.0596. The van der Waals surface area contributed by atoms with Gasteiger partial charge >= 0.3 is 0 Å². The number of benzene rings is 1. The zero-order valence-corrected chi connectivity index (χ0v) is 14.0. The molecule has 116 valence electrons. The normalized spacial score (nSPS) is 16.6. The molecule has 3 atom stereocenters. The third kappa shape index (κ3) is 5.51. The Bertz CT molecular complexity index is 454. The van der Waals surface area contributed by atoms with E-state index in [0.717, 1.165) is 19.3 Å². The third-order valence-electron chi connectivity index (χ3n) is 4.43. The van der Waals surface area contributed by atoms with Gasteiger partial charge in [-0.2, -0.15) is 0 Å². The van der Waals surface area contributed by atoms with Crippen LogP contribution in [0.25, 0.3) is 0 Å². The van der Waals surface area contributed by atoms with Gasteiger partial charge in [0.25, 0.3) is 0 Å². The second-order valence-corrected chi connectivity index (χ2v) is 6.57. The van der Waals surface area contributed by atoms with Gasteiger partial charge in [-0.3, -0.25) is 0 Å². The van der Waals surface area contributed by atoms with Gasteiger partial charge < -0.3 is 5.11 Å². The number of allylic oxidation sites excluding steroid dienone is 3. The third-order valence-corrected chi connectivity index (χ3v) is 4.43. The Morgan fingerprint density at radius 1 is 1.29 bits per heavy atom. The fraction of sp³-hybridized carbons (Fsp3) is 0.500. The number of aliphatic hydroxyl groups is 1. The van der Waals surface area contributed by atoms with Crippen molar-refractivity contribution in [3.05, 3.63) is 60.2 Å². The highest BCUT2D eigenvalue weighted by atomic mass is 16.3. The molecule has 1 N–H and O–H groups in total. The van der Waals surface area contributed by atoms with Crippen LogP contribution in [-0.2, 0) is 6.42 Å². The lowest BCUT2D eigenvalue weighted by Crippen LogP contribution is -2.35.